The van der Waals surface area contributed by atoms with Gasteiger partial charge in [-0.25, -0.2) is 0 Å². The van der Waals surface area contributed by atoms with E-state index in [0.717, 1.165) is 32.8 Å². The van der Waals surface area contributed by atoms with Crippen molar-refractivity contribution in [1.29, 1.82) is 0 Å². The SMILES string of the molecule is CC(C)N(Cc1ccccc1)CC1COCCN1. The molecule has 1 aliphatic heterocycles. The van der Waals surface area contributed by atoms with Gasteiger partial charge in [-0.3, -0.25) is 4.90 Å². The molecule has 1 N–H and O–H groups in total. The summed E-state index contributed by atoms with van der Waals surface area (Å²) in [6, 6.07) is 11.7. The molecule has 1 aliphatic rings. The zero-order chi connectivity index (χ0) is 12.8. The van der Waals surface area contributed by atoms with E-state index in [-0.39, 0.29) is 0 Å². The number of hydrogen-bond donors (Lipinski definition) is 1. The molecule has 2 rings (SSSR count). The number of rotatable bonds is 5. The summed E-state index contributed by atoms with van der Waals surface area (Å²) in [7, 11) is 0. The third kappa shape index (κ3) is 4.09. The first-order chi connectivity index (χ1) is 8.75. The Balaban J connectivity index is 1.91. The van der Waals surface area contributed by atoms with Gasteiger partial charge >= 0.3 is 0 Å². The Kier molecular flexibility index (Phi) is 5.17. The summed E-state index contributed by atoms with van der Waals surface area (Å²) in [5.74, 6) is 0. The molecule has 0 saturated carbocycles. The van der Waals surface area contributed by atoms with E-state index >= 15 is 0 Å². The molecule has 3 heteroatoms. The maximum atomic E-state index is 5.52. The molecule has 1 aromatic carbocycles. The highest BCUT2D eigenvalue weighted by atomic mass is 16.5. The van der Waals surface area contributed by atoms with E-state index in [1.165, 1.54) is 5.56 Å². The summed E-state index contributed by atoms with van der Waals surface area (Å²) in [4.78, 5) is 2.50. The van der Waals surface area contributed by atoms with E-state index in [0.29, 0.717) is 12.1 Å². The van der Waals surface area contributed by atoms with Crippen molar-refractivity contribution < 1.29 is 4.74 Å². The minimum absolute atomic E-state index is 0.463. The molecular weight excluding hydrogens is 224 g/mol. The van der Waals surface area contributed by atoms with Gasteiger partial charge in [-0.05, 0) is 19.4 Å². The first-order valence-electron chi connectivity index (χ1n) is 6.85. The molecule has 100 valence electrons. The Morgan fingerprint density at radius 3 is 2.72 bits per heavy atom. The number of hydrogen-bond acceptors (Lipinski definition) is 3. The number of benzene rings is 1. The van der Waals surface area contributed by atoms with Crippen LogP contribution in [0.15, 0.2) is 30.3 Å². The Hall–Kier alpha value is -0.900. The number of nitrogens with one attached hydrogen (secondary N) is 1. The molecule has 0 aliphatic carbocycles. The molecule has 0 aromatic heterocycles. The molecule has 0 radical (unpaired) electrons. The molecule has 0 spiro atoms. The Labute approximate surface area is 110 Å². The zero-order valence-electron chi connectivity index (χ0n) is 11.4. The second-order valence-corrected chi connectivity index (χ2v) is 5.23. The summed E-state index contributed by atoms with van der Waals surface area (Å²) >= 11 is 0. The van der Waals surface area contributed by atoms with Crippen molar-refractivity contribution in [2.24, 2.45) is 0 Å². The van der Waals surface area contributed by atoms with Crippen LogP contribution in [0, 0.1) is 0 Å². The third-order valence-corrected chi connectivity index (χ3v) is 3.41. The van der Waals surface area contributed by atoms with E-state index < -0.39 is 0 Å². The second-order valence-electron chi connectivity index (χ2n) is 5.23. The molecule has 1 saturated heterocycles. The van der Waals surface area contributed by atoms with Gasteiger partial charge < -0.3 is 10.1 Å². The minimum atomic E-state index is 0.463. The molecule has 1 heterocycles. The van der Waals surface area contributed by atoms with Crippen LogP contribution in [0.2, 0.25) is 0 Å². The maximum absolute atomic E-state index is 5.52. The summed E-state index contributed by atoms with van der Waals surface area (Å²) < 4.78 is 5.52. The van der Waals surface area contributed by atoms with Crippen molar-refractivity contribution in [2.45, 2.75) is 32.5 Å². The lowest BCUT2D eigenvalue weighted by atomic mass is 10.1. The van der Waals surface area contributed by atoms with Crippen molar-refractivity contribution >= 4 is 0 Å². The van der Waals surface area contributed by atoms with E-state index in [1.807, 2.05) is 0 Å². The summed E-state index contributed by atoms with van der Waals surface area (Å²) in [6.07, 6.45) is 0. The highest BCUT2D eigenvalue weighted by molar-refractivity contribution is 5.14. The molecule has 1 unspecified atom stereocenters. The van der Waals surface area contributed by atoms with Crippen LogP contribution in [0.1, 0.15) is 19.4 Å². The first-order valence-corrected chi connectivity index (χ1v) is 6.85. The fourth-order valence-corrected chi connectivity index (χ4v) is 2.30. The van der Waals surface area contributed by atoms with Crippen LogP contribution in [-0.4, -0.2) is 43.3 Å². The monoisotopic (exact) mass is 248 g/mol. The van der Waals surface area contributed by atoms with E-state index in [2.05, 4.69) is 54.4 Å². The molecule has 0 amide bonds. The van der Waals surface area contributed by atoms with Crippen molar-refractivity contribution in [1.82, 2.24) is 10.2 Å². The molecule has 1 atom stereocenters. The van der Waals surface area contributed by atoms with Gasteiger partial charge in [0.15, 0.2) is 0 Å². The van der Waals surface area contributed by atoms with E-state index in [9.17, 15) is 0 Å². The lowest BCUT2D eigenvalue weighted by molar-refractivity contribution is 0.0552. The minimum Gasteiger partial charge on any atom is -0.378 e. The number of nitrogens with zero attached hydrogens (tertiary/aromatic N) is 1. The van der Waals surface area contributed by atoms with Gasteiger partial charge in [0, 0.05) is 31.7 Å². The predicted octanol–water partition coefficient (Wildman–Crippen LogP) is 1.89. The van der Waals surface area contributed by atoms with Crippen LogP contribution in [0.5, 0.6) is 0 Å². The molecule has 0 bridgehead atoms. The van der Waals surface area contributed by atoms with Crippen molar-refractivity contribution in [3.63, 3.8) is 0 Å². The standard InChI is InChI=1S/C15H24N2O/c1-13(2)17(10-14-6-4-3-5-7-14)11-15-12-18-9-8-16-15/h3-7,13,15-16H,8-12H2,1-2H3. The van der Waals surface area contributed by atoms with Crippen molar-refractivity contribution in [3.05, 3.63) is 35.9 Å². The highest BCUT2D eigenvalue weighted by Gasteiger charge is 2.18. The average Bonchev–Trinajstić information content (AvgIpc) is 2.40. The lowest BCUT2D eigenvalue weighted by Crippen LogP contribution is -2.49. The van der Waals surface area contributed by atoms with Crippen molar-refractivity contribution in [3.8, 4) is 0 Å². The normalized spacial score (nSPS) is 20.6. The quantitative estimate of drug-likeness (QED) is 0.861. The van der Waals surface area contributed by atoms with Crippen LogP contribution < -0.4 is 5.32 Å². The lowest BCUT2D eigenvalue weighted by Gasteiger charge is -2.33. The molecule has 1 aromatic rings. The van der Waals surface area contributed by atoms with Gasteiger partial charge in [0.2, 0.25) is 0 Å². The molecule has 18 heavy (non-hydrogen) atoms. The zero-order valence-corrected chi connectivity index (χ0v) is 11.4. The summed E-state index contributed by atoms with van der Waals surface area (Å²) in [5, 5.41) is 3.52. The number of ether oxygens (including phenoxy) is 1. The van der Waals surface area contributed by atoms with Gasteiger partial charge in [-0.2, -0.15) is 0 Å². The number of morpholine rings is 1. The second kappa shape index (κ2) is 6.88. The molecular formula is C15H24N2O. The van der Waals surface area contributed by atoms with Crippen LogP contribution in [-0.2, 0) is 11.3 Å². The first kappa shape index (κ1) is 13.5. The Bertz CT molecular complexity index is 334. The largest absolute Gasteiger partial charge is 0.378 e. The van der Waals surface area contributed by atoms with Gasteiger partial charge in [0.25, 0.3) is 0 Å². The predicted molar refractivity (Wildman–Crippen MR) is 74.6 cm³/mol. The topological polar surface area (TPSA) is 24.5 Å². The van der Waals surface area contributed by atoms with Gasteiger partial charge in [0.05, 0.1) is 13.2 Å². The molecule has 3 nitrogen and oxygen atoms in total. The van der Waals surface area contributed by atoms with Crippen LogP contribution in [0.25, 0.3) is 0 Å². The Morgan fingerprint density at radius 2 is 2.11 bits per heavy atom. The van der Waals surface area contributed by atoms with E-state index in [4.69, 9.17) is 4.74 Å². The van der Waals surface area contributed by atoms with Crippen molar-refractivity contribution in [2.75, 3.05) is 26.3 Å². The fourth-order valence-electron chi connectivity index (χ4n) is 2.30. The van der Waals surface area contributed by atoms with Gasteiger partial charge in [0.1, 0.15) is 0 Å². The third-order valence-electron chi connectivity index (χ3n) is 3.41. The smallest absolute Gasteiger partial charge is 0.0632 e. The van der Waals surface area contributed by atoms with E-state index in [1.54, 1.807) is 0 Å². The van der Waals surface area contributed by atoms with Crippen LogP contribution in [0.4, 0.5) is 0 Å². The average molecular weight is 248 g/mol. The Morgan fingerprint density at radius 1 is 1.33 bits per heavy atom. The summed E-state index contributed by atoms with van der Waals surface area (Å²) in [5.41, 5.74) is 1.38. The molecule has 1 fully saturated rings. The fraction of sp³-hybridized carbons (Fsp3) is 0.600. The van der Waals surface area contributed by atoms with Gasteiger partial charge in [-0.15, -0.1) is 0 Å². The maximum Gasteiger partial charge on any atom is 0.0632 e. The van der Waals surface area contributed by atoms with Gasteiger partial charge in [-0.1, -0.05) is 30.3 Å². The van der Waals surface area contributed by atoms with Crippen LogP contribution >= 0.6 is 0 Å². The highest BCUT2D eigenvalue weighted by Crippen LogP contribution is 2.09. The summed E-state index contributed by atoms with van der Waals surface area (Å²) in [6.45, 7) is 9.22. The van der Waals surface area contributed by atoms with Crippen LogP contribution in [0.3, 0.4) is 0 Å².